The second kappa shape index (κ2) is 27.7. The molecule has 0 bridgehead atoms. The highest BCUT2D eigenvalue weighted by atomic mass is 16.3. The summed E-state index contributed by atoms with van der Waals surface area (Å²) >= 11 is 0. The van der Waals surface area contributed by atoms with Crippen LogP contribution in [0.25, 0.3) is 121 Å². The van der Waals surface area contributed by atoms with E-state index in [2.05, 4.69) is 314 Å². The average Bonchev–Trinajstić information content (AvgIpc) is 1.59. The van der Waals surface area contributed by atoms with Crippen molar-refractivity contribution in [2.75, 3.05) is 0 Å². The van der Waals surface area contributed by atoms with Crippen LogP contribution in [0, 0.1) is 13.8 Å². The molecule has 5 aromatic heterocycles. The topological polar surface area (TPSA) is 65.7 Å². The quantitative estimate of drug-likeness (QED) is 0.151. The summed E-state index contributed by atoms with van der Waals surface area (Å²) in [4.78, 5) is 0. The zero-order chi connectivity index (χ0) is 74.0. The van der Waals surface area contributed by atoms with Gasteiger partial charge in [0, 0.05) is 65.0 Å². The normalized spacial score (nSPS) is 12.6. The van der Waals surface area contributed by atoms with Gasteiger partial charge in [-0.1, -0.05) is 313 Å². The van der Waals surface area contributed by atoms with Gasteiger partial charge in [0.05, 0.1) is 0 Å². The van der Waals surface area contributed by atoms with Crippen LogP contribution in [0.4, 0.5) is 0 Å². The van der Waals surface area contributed by atoms with Crippen LogP contribution in [0.2, 0.25) is 0 Å². The van der Waals surface area contributed by atoms with Gasteiger partial charge in [0.1, 0.15) is 55.8 Å². The van der Waals surface area contributed by atoms with Crippen molar-refractivity contribution in [3.05, 3.63) is 298 Å². The van der Waals surface area contributed by atoms with Crippen molar-refractivity contribution >= 4 is 110 Å². The van der Waals surface area contributed by atoms with Crippen molar-refractivity contribution in [3.63, 3.8) is 0 Å². The molecule has 5 heterocycles. The molecule has 1 aliphatic carbocycles. The highest BCUT2D eigenvalue weighted by molar-refractivity contribution is 6.10. The monoisotopic (exact) mass is 1370 g/mol. The molecule has 0 saturated carbocycles. The van der Waals surface area contributed by atoms with Crippen molar-refractivity contribution in [1.29, 1.82) is 0 Å². The number of para-hydroxylation sites is 6. The zero-order valence-electron chi connectivity index (χ0n) is 64.8. The van der Waals surface area contributed by atoms with Gasteiger partial charge < -0.3 is 22.1 Å². The third-order valence-electron chi connectivity index (χ3n) is 20.3. The van der Waals surface area contributed by atoms with Gasteiger partial charge in [-0.15, -0.1) is 0 Å². The van der Waals surface area contributed by atoms with E-state index >= 15 is 0 Å². The van der Waals surface area contributed by atoms with Gasteiger partial charge in [-0.25, -0.2) is 0 Å². The molecule has 0 spiro atoms. The molecule has 0 radical (unpaired) electrons. The lowest BCUT2D eigenvalue weighted by molar-refractivity contribution is 0.569. The van der Waals surface area contributed by atoms with Gasteiger partial charge in [-0.2, -0.15) is 0 Å². The second-order valence-electron chi connectivity index (χ2n) is 34.5. The van der Waals surface area contributed by atoms with E-state index in [9.17, 15) is 0 Å². The van der Waals surface area contributed by atoms with Crippen LogP contribution in [0.15, 0.2) is 265 Å². The molecule has 12 aromatic carbocycles. The Labute approximate surface area is 614 Å². The van der Waals surface area contributed by atoms with Crippen LogP contribution < -0.4 is 0 Å². The number of hydrogen-bond acceptors (Lipinski definition) is 5. The van der Waals surface area contributed by atoms with Gasteiger partial charge >= 0.3 is 0 Å². The van der Waals surface area contributed by atoms with Crippen LogP contribution in [0.3, 0.4) is 0 Å². The molecule has 0 atom stereocenters. The minimum atomic E-state index is 0.0947. The molecule has 17 aromatic rings. The van der Waals surface area contributed by atoms with Gasteiger partial charge in [0.2, 0.25) is 0 Å². The first-order valence-corrected chi connectivity index (χ1v) is 37.0. The molecule has 104 heavy (non-hydrogen) atoms. The van der Waals surface area contributed by atoms with E-state index in [1.54, 1.807) is 0 Å². The summed E-state index contributed by atoms with van der Waals surface area (Å²) in [5.41, 5.74) is 27.3. The first-order chi connectivity index (χ1) is 49.2. The molecule has 0 amide bonds. The number of benzene rings is 12. The maximum Gasteiger partial charge on any atom is 0.139 e. The summed E-state index contributed by atoms with van der Waals surface area (Å²) in [5.74, 6) is 0. The van der Waals surface area contributed by atoms with E-state index in [0.29, 0.717) is 0 Å². The zero-order valence-corrected chi connectivity index (χ0v) is 64.8. The van der Waals surface area contributed by atoms with Crippen LogP contribution >= 0.6 is 0 Å². The van der Waals surface area contributed by atoms with E-state index in [1.807, 2.05) is 66.7 Å². The Hall–Kier alpha value is -10.4. The van der Waals surface area contributed by atoms with Crippen molar-refractivity contribution in [1.82, 2.24) is 0 Å². The van der Waals surface area contributed by atoms with Crippen LogP contribution in [-0.2, 0) is 38.9 Å². The Morgan fingerprint density at radius 1 is 0.231 bits per heavy atom. The molecule has 0 aliphatic heterocycles. The van der Waals surface area contributed by atoms with Gasteiger partial charge in [0.15, 0.2) is 0 Å². The summed E-state index contributed by atoms with van der Waals surface area (Å²) in [6.45, 7) is 44.7. The molecule has 18 rings (SSSR count). The molecular weight excluding hydrogens is 1270 g/mol. The Kier molecular flexibility index (Phi) is 19.2. The lowest BCUT2D eigenvalue weighted by atomic mass is 9.81. The Morgan fingerprint density at radius 3 is 1.17 bits per heavy atom. The standard InChI is InChI=1S/2C17H18O.C17H18.3C16H16O/c1-11-9-10-13-12-7-5-6-8-14(12)18-16(13)15(11)17(2,3)4;1-11-9-10-14-15(16(11)17(2,3)4)12-7-5-6-8-13(12)18-14;1-17(2,3)14-8-9-16-13(11-14)10-12-6-4-5-7-15(12)16;1-16(2,3)13-9-6-8-12-11-7-4-5-10-14(11)17-15(12)13;1-16(2,3)12-8-6-10-14-15(12)11-7-4-5-9-13(11)17-14;1-16(2,3)11-8-9-15-13(10-11)12-6-4-5-7-14(12)17-15/h2*5-10H,1-4H3;4-9,11H,10H2,1-3H3;3*4-10H,1-3H3. The van der Waals surface area contributed by atoms with E-state index in [0.717, 1.165) is 62.3 Å². The Bertz CT molecular complexity index is 5960. The molecular formula is C99H102O5. The summed E-state index contributed by atoms with van der Waals surface area (Å²) in [7, 11) is 0. The van der Waals surface area contributed by atoms with Crippen LogP contribution in [0.1, 0.15) is 180 Å². The molecule has 0 unspecified atom stereocenters. The maximum atomic E-state index is 6.09. The third-order valence-corrected chi connectivity index (χ3v) is 20.3. The SMILES string of the molecule is CC(C)(C)c1ccc2c(c1)Cc1ccccc1-2.CC(C)(C)c1ccc2oc3ccccc3c2c1.CC(C)(C)c1cccc2c1oc1ccccc12.CC(C)(C)c1cccc2oc3ccccc3c12.Cc1ccc2c(oc3ccccc32)c1C(C)(C)C.Cc1ccc2oc3ccccc3c2c1C(C)(C)C. The predicted molar refractivity (Wildman–Crippen MR) is 445 cm³/mol. The summed E-state index contributed by atoms with van der Waals surface area (Å²) in [6.07, 6.45) is 1.09. The fraction of sp³-hybridized carbons (Fsp3) is 0.273. The first kappa shape index (κ1) is 72.0. The average molecular weight is 1370 g/mol. The number of rotatable bonds is 0. The Morgan fingerprint density at radius 2 is 0.606 bits per heavy atom. The molecule has 0 saturated heterocycles. The summed E-state index contributed by atoms with van der Waals surface area (Å²) in [5, 5.41) is 12.2. The maximum absolute atomic E-state index is 6.09. The van der Waals surface area contributed by atoms with E-state index in [1.165, 1.54) is 121 Å². The van der Waals surface area contributed by atoms with Gasteiger partial charge in [-0.3, -0.25) is 0 Å². The molecule has 0 fully saturated rings. The van der Waals surface area contributed by atoms with Crippen molar-refractivity contribution in [2.45, 2.75) is 177 Å². The first-order valence-electron chi connectivity index (χ1n) is 37.0. The highest BCUT2D eigenvalue weighted by Gasteiger charge is 2.27. The second-order valence-corrected chi connectivity index (χ2v) is 34.5. The molecule has 0 N–H and O–H groups in total. The fourth-order valence-electron chi connectivity index (χ4n) is 15.2. The molecule has 5 heteroatoms. The van der Waals surface area contributed by atoms with E-state index in [4.69, 9.17) is 22.1 Å². The minimum Gasteiger partial charge on any atom is -0.456 e. The minimum absolute atomic E-state index is 0.0947. The lowest BCUT2D eigenvalue weighted by Gasteiger charge is -2.22. The summed E-state index contributed by atoms with van der Waals surface area (Å²) in [6, 6.07) is 84.7. The predicted octanol–water partition coefficient (Wildman–Crippen LogP) is 29.6. The number of hydrogen-bond donors (Lipinski definition) is 0. The van der Waals surface area contributed by atoms with Crippen molar-refractivity contribution < 1.29 is 22.1 Å². The highest BCUT2D eigenvalue weighted by Crippen LogP contribution is 2.44. The lowest BCUT2D eigenvalue weighted by Crippen LogP contribution is -2.13. The summed E-state index contributed by atoms with van der Waals surface area (Å²) < 4.78 is 29.8. The molecule has 5 nitrogen and oxygen atoms in total. The molecule has 1 aliphatic rings. The van der Waals surface area contributed by atoms with Gasteiger partial charge in [0.25, 0.3) is 0 Å². The van der Waals surface area contributed by atoms with E-state index in [-0.39, 0.29) is 32.5 Å². The Balaban J connectivity index is 0.000000111. The smallest absolute Gasteiger partial charge is 0.139 e. The fourth-order valence-corrected chi connectivity index (χ4v) is 15.2. The molecule has 528 valence electrons. The third kappa shape index (κ3) is 14.5. The van der Waals surface area contributed by atoms with Crippen molar-refractivity contribution in [2.24, 2.45) is 0 Å². The van der Waals surface area contributed by atoms with E-state index < -0.39 is 0 Å². The van der Waals surface area contributed by atoms with Gasteiger partial charge in [-0.05, 0) is 163 Å². The van der Waals surface area contributed by atoms with Crippen LogP contribution in [0.5, 0.6) is 0 Å². The van der Waals surface area contributed by atoms with Crippen molar-refractivity contribution in [3.8, 4) is 11.1 Å². The number of aryl methyl sites for hydroxylation is 2. The number of furan rings is 5. The number of fused-ring (bicyclic) bond motifs is 18. The van der Waals surface area contributed by atoms with Crippen LogP contribution in [-0.4, -0.2) is 0 Å². The largest absolute Gasteiger partial charge is 0.456 e.